The van der Waals surface area contributed by atoms with Gasteiger partial charge in [0.15, 0.2) is 0 Å². The maximum absolute atomic E-state index is 6.37. The van der Waals surface area contributed by atoms with Gasteiger partial charge in [-0.15, -0.1) is 0 Å². The number of hydrogen-bond donors (Lipinski definition) is 1. The summed E-state index contributed by atoms with van der Waals surface area (Å²) < 4.78 is 5.36. The fourth-order valence-electron chi connectivity index (χ4n) is 3.55. The molecule has 128 valence electrons. The van der Waals surface area contributed by atoms with Gasteiger partial charge in [0.05, 0.1) is 7.11 Å². The third-order valence-corrected chi connectivity index (χ3v) is 4.98. The van der Waals surface area contributed by atoms with Crippen LogP contribution in [0.25, 0.3) is 0 Å². The van der Waals surface area contributed by atoms with Crippen molar-refractivity contribution in [3.63, 3.8) is 0 Å². The molecule has 1 aliphatic rings. The average molecular weight is 324 g/mol. The zero-order valence-corrected chi connectivity index (χ0v) is 14.9. The van der Waals surface area contributed by atoms with Gasteiger partial charge >= 0.3 is 0 Å². The van der Waals surface area contributed by atoms with Gasteiger partial charge in [-0.25, -0.2) is 0 Å². The Balaban J connectivity index is 1.80. The molecule has 24 heavy (non-hydrogen) atoms. The van der Waals surface area contributed by atoms with Gasteiger partial charge in [0.25, 0.3) is 0 Å². The second-order valence-corrected chi connectivity index (χ2v) is 7.12. The zero-order chi connectivity index (χ0) is 17.1. The average Bonchev–Trinajstić information content (AvgIpc) is 2.61. The van der Waals surface area contributed by atoms with Gasteiger partial charge in [-0.1, -0.05) is 44.2 Å². The highest BCUT2D eigenvalue weighted by Crippen LogP contribution is 2.31. The van der Waals surface area contributed by atoms with E-state index in [4.69, 9.17) is 10.5 Å². The van der Waals surface area contributed by atoms with Crippen LogP contribution in [0.3, 0.4) is 0 Å². The van der Waals surface area contributed by atoms with Crippen molar-refractivity contribution >= 4 is 5.69 Å². The van der Waals surface area contributed by atoms with E-state index in [1.807, 2.05) is 12.1 Å². The molecule has 1 aliphatic heterocycles. The molecule has 2 N–H and O–H groups in total. The van der Waals surface area contributed by atoms with Crippen LogP contribution in [-0.2, 0) is 0 Å². The largest absolute Gasteiger partial charge is 0.497 e. The molecule has 1 saturated heterocycles. The van der Waals surface area contributed by atoms with Gasteiger partial charge in [-0.2, -0.15) is 0 Å². The predicted molar refractivity (Wildman–Crippen MR) is 101 cm³/mol. The summed E-state index contributed by atoms with van der Waals surface area (Å²) in [5.41, 5.74) is 10.3. The Kier molecular flexibility index (Phi) is 5.10. The molecule has 1 heterocycles. The number of ether oxygens (including phenoxy) is 1. The van der Waals surface area contributed by atoms with E-state index in [9.17, 15) is 0 Å². The van der Waals surface area contributed by atoms with Gasteiger partial charge in [-0.3, -0.25) is 0 Å². The van der Waals surface area contributed by atoms with Crippen molar-refractivity contribution in [2.45, 2.75) is 38.1 Å². The van der Waals surface area contributed by atoms with Crippen LogP contribution in [0.1, 0.15) is 43.2 Å². The molecule has 0 spiro atoms. The van der Waals surface area contributed by atoms with Crippen molar-refractivity contribution in [1.29, 1.82) is 0 Å². The minimum atomic E-state index is 0.194. The van der Waals surface area contributed by atoms with E-state index in [0.29, 0.717) is 11.8 Å². The number of hydrogen-bond acceptors (Lipinski definition) is 3. The first kappa shape index (κ1) is 16.8. The fourth-order valence-corrected chi connectivity index (χ4v) is 3.55. The Morgan fingerprint density at radius 2 is 1.83 bits per heavy atom. The summed E-state index contributed by atoms with van der Waals surface area (Å²) in [6, 6.07) is 17.5. The molecule has 2 aromatic rings. The van der Waals surface area contributed by atoms with Crippen molar-refractivity contribution in [2.24, 2.45) is 5.73 Å². The van der Waals surface area contributed by atoms with Crippen LogP contribution in [-0.4, -0.2) is 26.2 Å². The molecule has 0 saturated carbocycles. The van der Waals surface area contributed by atoms with E-state index in [0.717, 1.165) is 25.3 Å². The number of methoxy groups -OCH3 is 1. The molecule has 3 nitrogen and oxygen atoms in total. The lowest BCUT2D eigenvalue weighted by atomic mass is 9.87. The minimum Gasteiger partial charge on any atom is -0.497 e. The van der Waals surface area contributed by atoms with Crippen LogP contribution in [0.15, 0.2) is 48.5 Å². The molecular formula is C21H28N2O. The first-order chi connectivity index (χ1) is 11.6. The Hall–Kier alpha value is -2.00. The lowest BCUT2D eigenvalue weighted by Crippen LogP contribution is -2.46. The number of anilines is 1. The Labute approximate surface area is 145 Å². The van der Waals surface area contributed by atoms with Crippen LogP contribution in [0.2, 0.25) is 0 Å². The summed E-state index contributed by atoms with van der Waals surface area (Å²) >= 11 is 0. The fraction of sp³-hybridized carbons (Fsp3) is 0.429. The quantitative estimate of drug-likeness (QED) is 0.918. The molecule has 2 aromatic carbocycles. The first-order valence-electron chi connectivity index (χ1n) is 8.81. The Bertz CT molecular complexity index is 666. The van der Waals surface area contributed by atoms with E-state index < -0.39 is 0 Å². The van der Waals surface area contributed by atoms with Crippen molar-refractivity contribution in [2.75, 3.05) is 25.1 Å². The number of nitrogens with two attached hydrogens (primary N) is 1. The SMILES string of the molecule is COc1cccc(N2CC(N)CC(c3ccc(C(C)C)cc3)C2)c1. The van der Waals surface area contributed by atoms with Gasteiger partial charge in [-0.05, 0) is 35.6 Å². The smallest absolute Gasteiger partial charge is 0.120 e. The standard InChI is InChI=1S/C21H28N2O/c1-15(2)16-7-9-17(10-8-16)18-11-19(22)14-23(13-18)20-5-4-6-21(12-20)24-3/h4-10,12,15,18-19H,11,13-14,22H2,1-3H3. The molecular weight excluding hydrogens is 296 g/mol. The summed E-state index contributed by atoms with van der Waals surface area (Å²) in [6.45, 7) is 6.36. The van der Waals surface area contributed by atoms with Crippen LogP contribution >= 0.6 is 0 Å². The second kappa shape index (κ2) is 7.27. The monoisotopic (exact) mass is 324 g/mol. The predicted octanol–water partition coefficient (Wildman–Crippen LogP) is 4.14. The maximum Gasteiger partial charge on any atom is 0.120 e. The van der Waals surface area contributed by atoms with Crippen molar-refractivity contribution in [3.05, 3.63) is 59.7 Å². The third kappa shape index (κ3) is 3.73. The van der Waals surface area contributed by atoms with Gasteiger partial charge in [0.2, 0.25) is 0 Å². The molecule has 0 aliphatic carbocycles. The normalized spacial score (nSPS) is 21.1. The van der Waals surface area contributed by atoms with Crippen molar-refractivity contribution in [1.82, 2.24) is 0 Å². The number of piperidine rings is 1. The number of nitrogens with zero attached hydrogens (tertiary/aromatic N) is 1. The van der Waals surface area contributed by atoms with E-state index >= 15 is 0 Å². The third-order valence-electron chi connectivity index (χ3n) is 4.98. The van der Waals surface area contributed by atoms with Crippen molar-refractivity contribution in [3.8, 4) is 5.75 Å². The second-order valence-electron chi connectivity index (χ2n) is 7.12. The molecule has 0 radical (unpaired) electrons. The van der Waals surface area contributed by atoms with Crippen molar-refractivity contribution < 1.29 is 4.74 Å². The van der Waals surface area contributed by atoms with Crippen LogP contribution in [0, 0.1) is 0 Å². The molecule has 0 bridgehead atoms. The molecule has 2 unspecified atom stereocenters. The zero-order valence-electron chi connectivity index (χ0n) is 14.9. The Morgan fingerprint density at radius 3 is 2.50 bits per heavy atom. The van der Waals surface area contributed by atoms with E-state index in [1.54, 1.807) is 7.11 Å². The molecule has 1 fully saturated rings. The van der Waals surface area contributed by atoms with Gasteiger partial charge < -0.3 is 15.4 Å². The molecule has 0 aromatic heterocycles. The maximum atomic E-state index is 6.37. The van der Waals surface area contributed by atoms with Crippen LogP contribution in [0.4, 0.5) is 5.69 Å². The Morgan fingerprint density at radius 1 is 1.08 bits per heavy atom. The lowest BCUT2D eigenvalue weighted by molar-refractivity contribution is 0.413. The van der Waals surface area contributed by atoms with E-state index in [1.165, 1.54) is 16.8 Å². The summed E-state index contributed by atoms with van der Waals surface area (Å²) in [4.78, 5) is 2.39. The van der Waals surface area contributed by atoms with E-state index in [-0.39, 0.29) is 6.04 Å². The lowest BCUT2D eigenvalue weighted by Gasteiger charge is -2.38. The minimum absolute atomic E-state index is 0.194. The summed E-state index contributed by atoms with van der Waals surface area (Å²) in [7, 11) is 1.71. The first-order valence-corrected chi connectivity index (χ1v) is 8.81. The topological polar surface area (TPSA) is 38.5 Å². The summed E-state index contributed by atoms with van der Waals surface area (Å²) in [6.07, 6.45) is 1.04. The summed E-state index contributed by atoms with van der Waals surface area (Å²) in [5.74, 6) is 1.94. The number of rotatable bonds is 4. The molecule has 3 rings (SSSR count). The highest BCUT2D eigenvalue weighted by Gasteiger charge is 2.26. The van der Waals surface area contributed by atoms with Crippen LogP contribution < -0.4 is 15.4 Å². The summed E-state index contributed by atoms with van der Waals surface area (Å²) in [5, 5.41) is 0. The highest BCUT2D eigenvalue weighted by atomic mass is 16.5. The van der Waals surface area contributed by atoms with Gasteiger partial charge in [0.1, 0.15) is 5.75 Å². The molecule has 2 atom stereocenters. The molecule has 3 heteroatoms. The van der Waals surface area contributed by atoms with Gasteiger partial charge in [0, 0.05) is 36.8 Å². The highest BCUT2D eigenvalue weighted by molar-refractivity contribution is 5.52. The van der Waals surface area contributed by atoms with E-state index in [2.05, 4.69) is 55.1 Å². The molecule has 0 amide bonds. The van der Waals surface area contributed by atoms with Crippen LogP contribution in [0.5, 0.6) is 5.75 Å². The number of benzene rings is 2.